The van der Waals surface area contributed by atoms with Crippen molar-refractivity contribution >= 4 is 17.3 Å². The van der Waals surface area contributed by atoms with Crippen LogP contribution in [0.4, 0.5) is 17.3 Å². The van der Waals surface area contributed by atoms with Gasteiger partial charge in [-0.2, -0.15) is 0 Å². The average molecular weight is 240 g/mol. The van der Waals surface area contributed by atoms with Gasteiger partial charge in [-0.3, -0.25) is 10.1 Å². The maximum atomic E-state index is 10.5. The predicted octanol–water partition coefficient (Wildman–Crippen LogP) is 1.14. The van der Waals surface area contributed by atoms with Gasteiger partial charge in [0.2, 0.25) is 5.82 Å². The molecule has 4 N–H and O–H groups in total. The molecule has 0 fully saturated rings. The lowest BCUT2D eigenvalue weighted by Crippen LogP contribution is -2.16. The zero-order valence-corrected chi connectivity index (χ0v) is 9.59. The molecule has 1 atom stereocenters. The summed E-state index contributed by atoms with van der Waals surface area (Å²) >= 11 is 0. The van der Waals surface area contributed by atoms with E-state index >= 15 is 0 Å². The van der Waals surface area contributed by atoms with Crippen LogP contribution in [0.15, 0.2) is 12.1 Å². The molecule has 7 nitrogen and oxygen atoms in total. The van der Waals surface area contributed by atoms with Gasteiger partial charge in [-0.05, 0) is 25.8 Å². The molecule has 0 saturated heterocycles. The molecule has 0 bridgehead atoms. The topological polar surface area (TPSA) is 114 Å². The number of hydrogen-bond donors (Lipinski definition) is 3. The third-order valence-corrected chi connectivity index (χ3v) is 2.29. The highest BCUT2D eigenvalue weighted by Gasteiger charge is 2.13. The van der Waals surface area contributed by atoms with E-state index in [4.69, 9.17) is 10.8 Å². The molecule has 0 spiro atoms. The summed E-state index contributed by atoms with van der Waals surface area (Å²) < 4.78 is 0. The normalized spacial score (nSPS) is 12.1. The molecule has 0 aromatic carbocycles. The standard InChI is InChI=1S/C10H16N4O3/c1-7(3-2-6-15)12-9-5-4-8(14(16)17)10(11)13-9/h4-5,7,15H,2-3,6H2,1H3,(H3,11,12,13). The van der Waals surface area contributed by atoms with Gasteiger partial charge in [0.15, 0.2) is 0 Å². The Kier molecular flexibility index (Phi) is 4.65. The van der Waals surface area contributed by atoms with E-state index in [0.717, 1.165) is 6.42 Å². The average Bonchev–Trinajstić information content (AvgIpc) is 2.26. The number of pyridine rings is 1. The van der Waals surface area contributed by atoms with Crippen LogP contribution < -0.4 is 11.1 Å². The third kappa shape index (κ3) is 3.87. The molecular formula is C10H16N4O3. The van der Waals surface area contributed by atoms with Gasteiger partial charge in [0, 0.05) is 18.7 Å². The first-order valence-electron chi connectivity index (χ1n) is 5.33. The Labute approximate surface area is 98.8 Å². The quantitative estimate of drug-likeness (QED) is 0.507. The van der Waals surface area contributed by atoms with Crippen LogP contribution in [0.1, 0.15) is 19.8 Å². The van der Waals surface area contributed by atoms with Crippen molar-refractivity contribution in [2.24, 2.45) is 0 Å². The summed E-state index contributed by atoms with van der Waals surface area (Å²) in [6.07, 6.45) is 1.48. The Balaban J connectivity index is 2.67. The molecule has 1 aromatic heterocycles. The van der Waals surface area contributed by atoms with Crippen molar-refractivity contribution in [3.05, 3.63) is 22.2 Å². The summed E-state index contributed by atoms with van der Waals surface area (Å²) in [7, 11) is 0. The first kappa shape index (κ1) is 13.2. The van der Waals surface area contributed by atoms with Crippen LogP contribution in [0.25, 0.3) is 0 Å². The molecule has 1 aromatic rings. The van der Waals surface area contributed by atoms with E-state index in [9.17, 15) is 10.1 Å². The summed E-state index contributed by atoms with van der Waals surface area (Å²) in [5.41, 5.74) is 5.27. The number of aromatic nitrogens is 1. The van der Waals surface area contributed by atoms with Crippen LogP contribution in [0.2, 0.25) is 0 Å². The molecular weight excluding hydrogens is 224 g/mol. The highest BCUT2D eigenvalue weighted by molar-refractivity contribution is 5.57. The van der Waals surface area contributed by atoms with Gasteiger partial charge in [0.1, 0.15) is 5.82 Å². The summed E-state index contributed by atoms with van der Waals surface area (Å²) in [6.45, 7) is 2.08. The van der Waals surface area contributed by atoms with Crippen molar-refractivity contribution in [2.75, 3.05) is 17.7 Å². The Morgan fingerprint density at radius 2 is 2.35 bits per heavy atom. The Morgan fingerprint density at radius 1 is 1.65 bits per heavy atom. The van der Waals surface area contributed by atoms with Gasteiger partial charge in [0.05, 0.1) is 4.92 Å². The number of rotatable bonds is 6. The van der Waals surface area contributed by atoms with Crippen molar-refractivity contribution in [1.82, 2.24) is 4.98 Å². The maximum absolute atomic E-state index is 10.5. The molecule has 0 aliphatic heterocycles. The molecule has 0 aliphatic rings. The molecule has 1 unspecified atom stereocenters. The van der Waals surface area contributed by atoms with Crippen LogP contribution in [0.5, 0.6) is 0 Å². The second-order valence-corrected chi connectivity index (χ2v) is 3.77. The highest BCUT2D eigenvalue weighted by Crippen LogP contribution is 2.21. The van der Waals surface area contributed by atoms with E-state index in [1.165, 1.54) is 12.1 Å². The van der Waals surface area contributed by atoms with E-state index in [-0.39, 0.29) is 24.2 Å². The van der Waals surface area contributed by atoms with Crippen molar-refractivity contribution in [3.63, 3.8) is 0 Å². The third-order valence-electron chi connectivity index (χ3n) is 2.29. The number of nitrogen functional groups attached to an aromatic ring is 1. The highest BCUT2D eigenvalue weighted by atomic mass is 16.6. The van der Waals surface area contributed by atoms with E-state index in [1.807, 2.05) is 6.92 Å². The van der Waals surface area contributed by atoms with Gasteiger partial charge in [-0.15, -0.1) is 0 Å². The molecule has 0 radical (unpaired) electrons. The largest absolute Gasteiger partial charge is 0.396 e. The van der Waals surface area contributed by atoms with Crippen LogP contribution in [0, 0.1) is 10.1 Å². The number of anilines is 2. The number of nitrogens with one attached hydrogen (secondary N) is 1. The molecule has 17 heavy (non-hydrogen) atoms. The van der Waals surface area contributed by atoms with Crippen molar-refractivity contribution in [2.45, 2.75) is 25.8 Å². The first-order valence-corrected chi connectivity index (χ1v) is 5.33. The fraction of sp³-hybridized carbons (Fsp3) is 0.500. The minimum Gasteiger partial charge on any atom is -0.396 e. The van der Waals surface area contributed by atoms with Crippen molar-refractivity contribution < 1.29 is 10.0 Å². The lowest BCUT2D eigenvalue weighted by Gasteiger charge is -2.13. The van der Waals surface area contributed by atoms with Crippen molar-refractivity contribution in [1.29, 1.82) is 0 Å². The molecule has 7 heteroatoms. The maximum Gasteiger partial charge on any atom is 0.311 e. The van der Waals surface area contributed by atoms with Crippen molar-refractivity contribution in [3.8, 4) is 0 Å². The van der Waals surface area contributed by atoms with E-state index in [0.29, 0.717) is 12.2 Å². The van der Waals surface area contributed by atoms with Crippen LogP contribution in [-0.4, -0.2) is 27.7 Å². The Bertz CT molecular complexity index is 397. The van der Waals surface area contributed by atoms with Gasteiger partial charge >= 0.3 is 5.69 Å². The van der Waals surface area contributed by atoms with E-state index < -0.39 is 4.92 Å². The number of nitro groups is 1. The Morgan fingerprint density at radius 3 is 2.88 bits per heavy atom. The second-order valence-electron chi connectivity index (χ2n) is 3.77. The Hall–Kier alpha value is -1.89. The molecule has 0 aliphatic carbocycles. The van der Waals surface area contributed by atoms with Gasteiger partial charge in [0.25, 0.3) is 0 Å². The minimum absolute atomic E-state index is 0.102. The summed E-state index contributed by atoms with van der Waals surface area (Å²) in [5, 5.41) is 22.3. The fourth-order valence-electron chi connectivity index (χ4n) is 1.42. The molecule has 0 saturated carbocycles. The molecule has 94 valence electrons. The number of nitrogens with two attached hydrogens (primary N) is 1. The smallest absolute Gasteiger partial charge is 0.311 e. The lowest BCUT2D eigenvalue weighted by molar-refractivity contribution is -0.384. The SMILES string of the molecule is CC(CCCO)Nc1ccc([N+](=O)[O-])c(N)n1. The molecule has 1 rings (SSSR count). The van der Waals surface area contributed by atoms with E-state index in [1.54, 1.807) is 0 Å². The van der Waals surface area contributed by atoms with Crippen LogP contribution in [0.3, 0.4) is 0 Å². The number of aliphatic hydroxyl groups is 1. The second kappa shape index (κ2) is 6.00. The number of nitrogens with zero attached hydrogens (tertiary/aromatic N) is 2. The first-order chi connectivity index (χ1) is 8.04. The number of aliphatic hydroxyl groups excluding tert-OH is 1. The molecule has 1 heterocycles. The van der Waals surface area contributed by atoms with Crippen LogP contribution in [-0.2, 0) is 0 Å². The van der Waals surface area contributed by atoms with Gasteiger partial charge in [-0.25, -0.2) is 4.98 Å². The summed E-state index contributed by atoms with van der Waals surface area (Å²) in [5.74, 6) is 0.396. The molecule has 0 amide bonds. The lowest BCUT2D eigenvalue weighted by atomic mass is 10.2. The van der Waals surface area contributed by atoms with Gasteiger partial charge < -0.3 is 16.2 Å². The number of hydrogen-bond acceptors (Lipinski definition) is 6. The zero-order chi connectivity index (χ0) is 12.8. The summed E-state index contributed by atoms with van der Waals surface area (Å²) in [6, 6.07) is 2.96. The summed E-state index contributed by atoms with van der Waals surface area (Å²) in [4.78, 5) is 13.9. The van der Waals surface area contributed by atoms with E-state index in [2.05, 4.69) is 10.3 Å². The zero-order valence-electron chi connectivity index (χ0n) is 9.59. The fourth-order valence-corrected chi connectivity index (χ4v) is 1.42. The minimum atomic E-state index is -0.568. The monoisotopic (exact) mass is 240 g/mol. The van der Waals surface area contributed by atoms with Gasteiger partial charge in [-0.1, -0.05) is 0 Å². The predicted molar refractivity (Wildman–Crippen MR) is 64.7 cm³/mol. The van der Waals surface area contributed by atoms with Crippen LogP contribution >= 0.6 is 0 Å².